The molecule has 2 aromatic rings. The minimum absolute atomic E-state index is 0.306. The van der Waals surface area contributed by atoms with Crippen molar-refractivity contribution in [1.82, 2.24) is 9.97 Å². The molecule has 0 radical (unpaired) electrons. The van der Waals surface area contributed by atoms with E-state index in [1.165, 1.54) is 30.6 Å². The zero-order valence-corrected chi connectivity index (χ0v) is 10.1. The van der Waals surface area contributed by atoms with Crippen LogP contribution in [-0.4, -0.2) is 9.97 Å². The fraction of sp³-hybridized carbons (Fsp3) is 0. The van der Waals surface area contributed by atoms with Gasteiger partial charge in [-0.2, -0.15) is 0 Å². The SMILES string of the molecule is NNc1cc(Oc2ccc(F)cc2Br)ncn1. The van der Waals surface area contributed by atoms with Gasteiger partial charge in [0.2, 0.25) is 5.88 Å². The van der Waals surface area contributed by atoms with Crippen LogP contribution < -0.4 is 16.0 Å². The first-order chi connectivity index (χ1) is 8.19. The number of anilines is 1. The Morgan fingerprint density at radius 3 is 2.82 bits per heavy atom. The molecule has 2 rings (SSSR count). The molecular formula is C10H8BrFN4O. The minimum Gasteiger partial charge on any atom is -0.438 e. The van der Waals surface area contributed by atoms with E-state index in [1.54, 1.807) is 0 Å². The third-order valence-corrected chi connectivity index (χ3v) is 2.52. The Balaban J connectivity index is 2.25. The average molecular weight is 299 g/mol. The minimum atomic E-state index is -0.351. The van der Waals surface area contributed by atoms with Crippen LogP contribution in [0.25, 0.3) is 0 Å². The molecule has 5 nitrogen and oxygen atoms in total. The molecule has 0 fully saturated rings. The van der Waals surface area contributed by atoms with Crippen molar-refractivity contribution in [1.29, 1.82) is 0 Å². The molecule has 0 bridgehead atoms. The number of nitrogens with one attached hydrogen (secondary N) is 1. The molecule has 1 heterocycles. The third kappa shape index (κ3) is 2.89. The van der Waals surface area contributed by atoms with Crippen molar-refractivity contribution in [3.05, 3.63) is 40.9 Å². The molecule has 0 aliphatic heterocycles. The van der Waals surface area contributed by atoms with Crippen LogP contribution in [0.4, 0.5) is 10.2 Å². The van der Waals surface area contributed by atoms with Gasteiger partial charge in [-0.3, -0.25) is 0 Å². The van der Waals surface area contributed by atoms with E-state index in [4.69, 9.17) is 10.6 Å². The average Bonchev–Trinajstić information content (AvgIpc) is 2.33. The summed E-state index contributed by atoms with van der Waals surface area (Å²) in [6.07, 6.45) is 1.31. The van der Waals surface area contributed by atoms with Gasteiger partial charge in [-0.05, 0) is 34.1 Å². The second kappa shape index (κ2) is 5.07. The van der Waals surface area contributed by atoms with Crippen LogP contribution >= 0.6 is 15.9 Å². The van der Waals surface area contributed by atoms with Gasteiger partial charge in [0.05, 0.1) is 4.47 Å². The molecule has 17 heavy (non-hydrogen) atoms. The number of hydrogen-bond acceptors (Lipinski definition) is 5. The second-order valence-corrected chi connectivity index (χ2v) is 3.92. The number of halogens is 2. The van der Waals surface area contributed by atoms with Gasteiger partial charge in [-0.15, -0.1) is 0 Å². The van der Waals surface area contributed by atoms with E-state index < -0.39 is 0 Å². The predicted molar refractivity (Wildman–Crippen MR) is 64.0 cm³/mol. The summed E-state index contributed by atoms with van der Waals surface area (Å²) in [6.45, 7) is 0. The van der Waals surface area contributed by atoms with Crippen molar-refractivity contribution in [3.8, 4) is 11.6 Å². The lowest BCUT2D eigenvalue weighted by atomic mass is 10.3. The van der Waals surface area contributed by atoms with Crippen molar-refractivity contribution in [2.75, 3.05) is 5.43 Å². The first-order valence-electron chi connectivity index (χ1n) is 4.60. The van der Waals surface area contributed by atoms with Crippen molar-refractivity contribution < 1.29 is 9.13 Å². The van der Waals surface area contributed by atoms with Gasteiger partial charge in [0.15, 0.2) is 0 Å². The fourth-order valence-corrected chi connectivity index (χ4v) is 1.58. The third-order valence-electron chi connectivity index (χ3n) is 1.90. The lowest BCUT2D eigenvalue weighted by Gasteiger charge is -2.07. The Bertz CT molecular complexity index is 537. The van der Waals surface area contributed by atoms with E-state index in [9.17, 15) is 4.39 Å². The van der Waals surface area contributed by atoms with Crippen molar-refractivity contribution in [3.63, 3.8) is 0 Å². The normalized spacial score (nSPS) is 10.1. The fourth-order valence-electron chi connectivity index (χ4n) is 1.14. The van der Waals surface area contributed by atoms with Gasteiger partial charge >= 0.3 is 0 Å². The Hall–Kier alpha value is -1.73. The van der Waals surface area contributed by atoms with Crippen LogP contribution in [-0.2, 0) is 0 Å². The molecule has 0 amide bonds. The van der Waals surface area contributed by atoms with Crippen LogP contribution in [0.1, 0.15) is 0 Å². The summed E-state index contributed by atoms with van der Waals surface area (Å²) in [7, 11) is 0. The predicted octanol–water partition coefficient (Wildman–Crippen LogP) is 2.46. The summed E-state index contributed by atoms with van der Waals surface area (Å²) in [5.41, 5.74) is 2.37. The van der Waals surface area contributed by atoms with E-state index in [0.717, 1.165) is 0 Å². The van der Waals surface area contributed by atoms with Crippen LogP contribution in [0.3, 0.4) is 0 Å². The topological polar surface area (TPSA) is 73.1 Å². The molecule has 0 saturated carbocycles. The monoisotopic (exact) mass is 298 g/mol. The summed E-state index contributed by atoms with van der Waals surface area (Å²) in [6, 6.07) is 5.62. The lowest BCUT2D eigenvalue weighted by molar-refractivity contribution is 0.457. The number of nitrogens with two attached hydrogens (primary N) is 1. The maximum Gasteiger partial charge on any atom is 0.224 e. The summed E-state index contributed by atoms with van der Waals surface area (Å²) in [5, 5.41) is 0. The van der Waals surface area contributed by atoms with Crippen LogP contribution in [0, 0.1) is 5.82 Å². The van der Waals surface area contributed by atoms with Gasteiger partial charge in [0.25, 0.3) is 0 Å². The van der Waals surface area contributed by atoms with E-state index in [0.29, 0.717) is 21.9 Å². The van der Waals surface area contributed by atoms with Crippen LogP contribution in [0.15, 0.2) is 35.1 Å². The molecular weight excluding hydrogens is 291 g/mol. The maximum absolute atomic E-state index is 12.9. The van der Waals surface area contributed by atoms with E-state index >= 15 is 0 Å². The number of rotatable bonds is 3. The summed E-state index contributed by atoms with van der Waals surface area (Å²) in [4.78, 5) is 7.74. The van der Waals surface area contributed by atoms with Crippen LogP contribution in [0.2, 0.25) is 0 Å². The highest BCUT2D eigenvalue weighted by atomic mass is 79.9. The maximum atomic E-state index is 12.9. The Labute approximate surface area is 105 Å². The first kappa shape index (κ1) is 11.7. The molecule has 7 heteroatoms. The smallest absolute Gasteiger partial charge is 0.224 e. The zero-order chi connectivity index (χ0) is 12.3. The number of nitrogen functional groups attached to an aromatic ring is 1. The van der Waals surface area contributed by atoms with Crippen LogP contribution in [0.5, 0.6) is 11.6 Å². The number of ether oxygens (including phenoxy) is 1. The Morgan fingerprint density at radius 1 is 1.29 bits per heavy atom. The van der Waals surface area contributed by atoms with Crippen molar-refractivity contribution in [2.45, 2.75) is 0 Å². The molecule has 0 atom stereocenters. The lowest BCUT2D eigenvalue weighted by Crippen LogP contribution is -2.08. The molecule has 3 N–H and O–H groups in total. The zero-order valence-electron chi connectivity index (χ0n) is 8.52. The first-order valence-corrected chi connectivity index (χ1v) is 5.40. The number of nitrogens with zero attached hydrogens (tertiary/aromatic N) is 2. The molecule has 88 valence electrons. The molecule has 0 aliphatic rings. The van der Waals surface area contributed by atoms with Crippen molar-refractivity contribution in [2.24, 2.45) is 5.84 Å². The molecule has 1 aromatic heterocycles. The molecule has 0 aliphatic carbocycles. The quantitative estimate of drug-likeness (QED) is 0.673. The molecule has 0 unspecified atom stereocenters. The number of hydrogen-bond donors (Lipinski definition) is 2. The summed E-state index contributed by atoms with van der Waals surface area (Å²) < 4.78 is 18.8. The van der Waals surface area contributed by atoms with E-state index in [-0.39, 0.29) is 5.82 Å². The Kier molecular flexibility index (Phi) is 3.50. The highest BCUT2D eigenvalue weighted by molar-refractivity contribution is 9.10. The highest BCUT2D eigenvalue weighted by Crippen LogP contribution is 2.29. The standard InChI is InChI=1S/C10H8BrFN4O/c11-7-3-6(12)1-2-8(7)17-10-4-9(16-13)14-5-15-10/h1-5H,13H2,(H,14,15,16). The summed E-state index contributed by atoms with van der Waals surface area (Å²) in [5.74, 6) is 6.04. The second-order valence-electron chi connectivity index (χ2n) is 3.06. The van der Waals surface area contributed by atoms with Gasteiger partial charge in [0, 0.05) is 6.07 Å². The van der Waals surface area contributed by atoms with Gasteiger partial charge in [-0.1, -0.05) is 0 Å². The Morgan fingerprint density at radius 2 is 2.12 bits per heavy atom. The molecule has 1 aromatic carbocycles. The van der Waals surface area contributed by atoms with Gasteiger partial charge in [0.1, 0.15) is 23.7 Å². The number of hydrazine groups is 1. The van der Waals surface area contributed by atoms with E-state index in [2.05, 4.69) is 31.3 Å². The largest absolute Gasteiger partial charge is 0.438 e. The summed E-state index contributed by atoms with van der Waals surface area (Å²) >= 11 is 3.19. The number of aromatic nitrogens is 2. The highest BCUT2D eigenvalue weighted by Gasteiger charge is 2.05. The van der Waals surface area contributed by atoms with Gasteiger partial charge in [-0.25, -0.2) is 20.2 Å². The van der Waals surface area contributed by atoms with Gasteiger partial charge < -0.3 is 10.2 Å². The molecule has 0 saturated heterocycles. The van der Waals surface area contributed by atoms with E-state index in [1.807, 2.05) is 0 Å². The van der Waals surface area contributed by atoms with Crippen molar-refractivity contribution >= 4 is 21.7 Å². The number of benzene rings is 1. The molecule has 0 spiro atoms.